The van der Waals surface area contributed by atoms with E-state index in [2.05, 4.69) is 10.1 Å². The summed E-state index contributed by atoms with van der Waals surface area (Å²) in [7, 11) is 0. The molecule has 0 saturated heterocycles. The average molecular weight is 311 g/mol. The Kier molecular flexibility index (Phi) is 4.11. The third kappa shape index (κ3) is 3.29. The molecule has 6 heteroatoms. The van der Waals surface area contributed by atoms with E-state index < -0.39 is 5.97 Å². The van der Waals surface area contributed by atoms with Gasteiger partial charge in [0.15, 0.2) is 0 Å². The second kappa shape index (κ2) is 6.36. The molecule has 0 spiro atoms. The monoisotopic (exact) mass is 311 g/mol. The zero-order valence-corrected chi connectivity index (χ0v) is 12.4. The summed E-state index contributed by atoms with van der Waals surface area (Å²) < 4.78 is 1.09. The van der Waals surface area contributed by atoms with Gasteiger partial charge in [0.25, 0.3) is 0 Å². The van der Waals surface area contributed by atoms with E-state index in [4.69, 9.17) is 10.6 Å². The molecular formula is C16H13N3O2S. The van der Waals surface area contributed by atoms with Crippen LogP contribution in [0.5, 0.6) is 0 Å². The van der Waals surface area contributed by atoms with Crippen LogP contribution in [0.25, 0.3) is 10.2 Å². The fraction of sp³-hybridized carbons (Fsp3) is 0.0625. The van der Waals surface area contributed by atoms with Gasteiger partial charge in [-0.3, -0.25) is 0 Å². The van der Waals surface area contributed by atoms with Crippen LogP contribution < -0.4 is 5.73 Å². The summed E-state index contributed by atoms with van der Waals surface area (Å²) >= 11 is 1.54. The number of thiazole rings is 1. The molecule has 110 valence electrons. The highest BCUT2D eigenvalue weighted by molar-refractivity contribution is 7.18. The Morgan fingerprint density at radius 2 is 1.86 bits per heavy atom. The zero-order valence-electron chi connectivity index (χ0n) is 11.6. The maximum Gasteiger partial charge on any atom is 0.365 e. The minimum absolute atomic E-state index is 0.211. The molecule has 3 rings (SSSR count). The fourth-order valence-corrected chi connectivity index (χ4v) is 2.89. The summed E-state index contributed by atoms with van der Waals surface area (Å²) in [5.41, 5.74) is 7.15. The first-order valence-electron chi connectivity index (χ1n) is 6.65. The summed E-state index contributed by atoms with van der Waals surface area (Å²) in [6, 6.07) is 16.5. The summed E-state index contributed by atoms with van der Waals surface area (Å²) in [5, 5.41) is 4.51. The number of fused-ring (bicyclic) bond motifs is 1. The lowest BCUT2D eigenvalue weighted by atomic mass is 10.2. The molecule has 0 radical (unpaired) electrons. The van der Waals surface area contributed by atoms with Crippen molar-refractivity contribution in [1.29, 1.82) is 0 Å². The Labute approximate surface area is 131 Å². The van der Waals surface area contributed by atoms with Gasteiger partial charge in [0.2, 0.25) is 0 Å². The lowest BCUT2D eigenvalue weighted by Gasteiger charge is -1.99. The van der Waals surface area contributed by atoms with Gasteiger partial charge in [0, 0.05) is 0 Å². The van der Waals surface area contributed by atoms with Crippen LogP contribution in [0.4, 0.5) is 0 Å². The molecule has 0 aliphatic rings. The maximum atomic E-state index is 11.7. The number of aromatic nitrogens is 1. The molecule has 0 aliphatic carbocycles. The molecule has 2 aromatic carbocycles. The SMILES string of the molecule is N/C(Cc1nc2ccccc2s1)=N\OC(=O)c1ccccc1. The second-order valence-electron chi connectivity index (χ2n) is 4.58. The second-order valence-corrected chi connectivity index (χ2v) is 5.69. The van der Waals surface area contributed by atoms with E-state index in [1.165, 1.54) is 0 Å². The van der Waals surface area contributed by atoms with Gasteiger partial charge < -0.3 is 10.6 Å². The van der Waals surface area contributed by atoms with Gasteiger partial charge >= 0.3 is 5.97 Å². The lowest BCUT2D eigenvalue weighted by Crippen LogP contribution is -2.16. The minimum atomic E-state index is -0.534. The average Bonchev–Trinajstić information content (AvgIpc) is 2.95. The van der Waals surface area contributed by atoms with Crippen LogP contribution >= 0.6 is 11.3 Å². The number of rotatable bonds is 4. The number of benzene rings is 2. The summed E-state index contributed by atoms with van der Waals surface area (Å²) in [5.74, 6) is -0.323. The van der Waals surface area contributed by atoms with Crippen molar-refractivity contribution in [2.24, 2.45) is 10.9 Å². The van der Waals surface area contributed by atoms with E-state index in [1.54, 1.807) is 35.6 Å². The number of carbonyl (C=O) groups is 1. The van der Waals surface area contributed by atoms with Crippen molar-refractivity contribution in [1.82, 2.24) is 4.98 Å². The summed E-state index contributed by atoms with van der Waals surface area (Å²) in [6.45, 7) is 0. The van der Waals surface area contributed by atoms with Crippen LogP contribution in [-0.2, 0) is 11.3 Å². The van der Waals surface area contributed by atoms with Crippen molar-refractivity contribution in [3.8, 4) is 0 Å². The smallest absolute Gasteiger partial charge is 0.365 e. The fourth-order valence-electron chi connectivity index (χ4n) is 1.91. The molecule has 0 aliphatic heterocycles. The van der Waals surface area contributed by atoms with Crippen LogP contribution in [0.2, 0.25) is 0 Å². The van der Waals surface area contributed by atoms with E-state index in [1.807, 2.05) is 30.3 Å². The van der Waals surface area contributed by atoms with Crippen LogP contribution in [0, 0.1) is 0 Å². The largest absolute Gasteiger partial charge is 0.384 e. The maximum absolute atomic E-state index is 11.7. The predicted molar refractivity (Wildman–Crippen MR) is 86.8 cm³/mol. The number of para-hydroxylation sites is 1. The molecule has 0 atom stereocenters. The highest BCUT2D eigenvalue weighted by Gasteiger charge is 2.08. The third-order valence-corrected chi connectivity index (χ3v) is 3.96. The molecule has 0 fully saturated rings. The van der Waals surface area contributed by atoms with Crippen molar-refractivity contribution in [2.45, 2.75) is 6.42 Å². The Morgan fingerprint density at radius 3 is 2.64 bits per heavy atom. The highest BCUT2D eigenvalue weighted by atomic mass is 32.1. The number of hydrogen-bond acceptors (Lipinski definition) is 5. The van der Waals surface area contributed by atoms with Crippen molar-refractivity contribution >= 4 is 33.4 Å². The van der Waals surface area contributed by atoms with E-state index >= 15 is 0 Å². The number of nitrogens with two attached hydrogens (primary N) is 1. The standard InChI is InChI=1S/C16H13N3O2S/c17-14(19-21-16(20)11-6-2-1-3-7-11)10-15-18-12-8-4-5-9-13(12)22-15/h1-9H,10H2,(H2,17,19). The van der Waals surface area contributed by atoms with Crippen molar-refractivity contribution in [3.05, 3.63) is 65.2 Å². The van der Waals surface area contributed by atoms with Crippen molar-refractivity contribution < 1.29 is 9.63 Å². The van der Waals surface area contributed by atoms with E-state index in [0.717, 1.165) is 15.2 Å². The quantitative estimate of drug-likeness (QED) is 0.348. The van der Waals surface area contributed by atoms with Crippen LogP contribution in [0.1, 0.15) is 15.4 Å². The molecule has 5 nitrogen and oxygen atoms in total. The molecule has 0 bridgehead atoms. The number of oxime groups is 1. The van der Waals surface area contributed by atoms with Crippen molar-refractivity contribution in [3.63, 3.8) is 0 Å². The molecular weight excluding hydrogens is 298 g/mol. The van der Waals surface area contributed by atoms with Gasteiger partial charge in [-0.05, 0) is 24.3 Å². The lowest BCUT2D eigenvalue weighted by molar-refractivity contribution is 0.0515. The molecule has 22 heavy (non-hydrogen) atoms. The van der Waals surface area contributed by atoms with Gasteiger partial charge in [-0.25, -0.2) is 9.78 Å². The van der Waals surface area contributed by atoms with Gasteiger partial charge in [-0.1, -0.05) is 35.5 Å². The molecule has 0 saturated carbocycles. The first-order chi connectivity index (χ1) is 10.7. The molecule has 0 amide bonds. The highest BCUT2D eigenvalue weighted by Crippen LogP contribution is 2.21. The number of hydrogen-bond donors (Lipinski definition) is 1. The summed E-state index contributed by atoms with van der Waals surface area (Å²) in [4.78, 5) is 21.0. The molecule has 0 unspecified atom stereocenters. The molecule has 1 heterocycles. The first-order valence-corrected chi connectivity index (χ1v) is 7.47. The molecule has 3 aromatic rings. The van der Waals surface area contributed by atoms with Gasteiger partial charge in [0.1, 0.15) is 10.8 Å². The number of carbonyl (C=O) groups excluding carboxylic acids is 1. The number of nitrogens with zero attached hydrogens (tertiary/aromatic N) is 2. The Morgan fingerprint density at radius 1 is 1.14 bits per heavy atom. The summed E-state index contributed by atoms with van der Waals surface area (Å²) in [6.07, 6.45) is 0.349. The van der Waals surface area contributed by atoms with Crippen molar-refractivity contribution in [2.75, 3.05) is 0 Å². The van der Waals surface area contributed by atoms with E-state index in [-0.39, 0.29) is 5.84 Å². The minimum Gasteiger partial charge on any atom is -0.384 e. The Balaban J connectivity index is 1.66. The molecule has 1 aromatic heterocycles. The Bertz CT molecular complexity index is 795. The molecule has 2 N–H and O–H groups in total. The van der Waals surface area contributed by atoms with E-state index in [9.17, 15) is 4.79 Å². The topological polar surface area (TPSA) is 77.6 Å². The van der Waals surface area contributed by atoms with Gasteiger partial charge in [-0.2, -0.15) is 0 Å². The third-order valence-electron chi connectivity index (χ3n) is 2.93. The van der Waals surface area contributed by atoms with Crippen LogP contribution in [0.15, 0.2) is 59.8 Å². The normalized spacial score (nSPS) is 11.5. The number of amidine groups is 1. The Hall–Kier alpha value is -2.73. The van der Waals surface area contributed by atoms with E-state index in [0.29, 0.717) is 12.0 Å². The zero-order chi connectivity index (χ0) is 15.4. The predicted octanol–water partition coefficient (Wildman–Crippen LogP) is 2.97. The van der Waals surface area contributed by atoms with Gasteiger partial charge in [-0.15, -0.1) is 11.3 Å². The van der Waals surface area contributed by atoms with Gasteiger partial charge in [0.05, 0.1) is 22.2 Å². The van der Waals surface area contributed by atoms with Crippen LogP contribution in [-0.4, -0.2) is 16.8 Å². The first kappa shape index (κ1) is 14.2. The van der Waals surface area contributed by atoms with Crippen LogP contribution in [0.3, 0.4) is 0 Å².